The molecular weight excluding hydrogens is 271 g/mol. The molecule has 104 valence electrons. The maximum atomic E-state index is 12.1. The molecule has 0 radical (unpaired) electrons. The van der Waals surface area contributed by atoms with Crippen LogP contribution in [-0.2, 0) is 16.6 Å². The summed E-state index contributed by atoms with van der Waals surface area (Å²) in [5.41, 5.74) is 5.78. The number of rotatable bonds is 5. The number of sulfonamides is 1. The van der Waals surface area contributed by atoms with Crippen molar-refractivity contribution >= 4 is 10.0 Å². The number of halogens is 3. The molecule has 0 aliphatic carbocycles. The summed E-state index contributed by atoms with van der Waals surface area (Å²) < 4.78 is 61.6. The first-order valence-corrected chi connectivity index (χ1v) is 6.59. The molecule has 9 heteroatoms. The van der Waals surface area contributed by atoms with Crippen LogP contribution in [0.5, 0.6) is 0 Å². The SMILES string of the molecule is CC(CC(F)(F)F)NS(=O)(=O)c1c[nH]c(CN)c1. The highest BCUT2D eigenvalue weighted by atomic mass is 32.2. The molecule has 1 rings (SSSR count). The fourth-order valence-corrected chi connectivity index (χ4v) is 2.67. The molecule has 0 saturated carbocycles. The lowest BCUT2D eigenvalue weighted by Crippen LogP contribution is -2.35. The minimum atomic E-state index is -4.41. The first kappa shape index (κ1) is 15.0. The number of aromatic amines is 1. The first-order valence-electron chi connectivity index (χ1n) is 5.10. The van der Waals surface area contributed by atoms with Crippen molar-refractivity contribution in [3.05, 3.63) is 18.0 Å². The zero-order valence-electron chi connectivity index (χ0n) is 9.58. The van der Waals surface area contributed by atoms with Gasteiger partial charge < -0.3 is 10.7 Å². The van der Waals surface area contributed by atoms with Gasteiger partial charge >= 0.3 is 6.18 Å². The van der Waals surface area contributed by atoms with Crippen LogP contribution in [0, 0.1) is 0 Å². The van der Waals surface area contributed by atoms with Crippen molar-refractivity contribution in [2.45, 2.75) is 37.0 Å². The number of alkyl halides is 3. The van der Waals surface area contributed by atoms with E-state index in [1.807, 2.05) is 4.72 Å². The van der Waals surface area contributed by atoms with Gasteiger partial charge in [-0.3, -0.25) is 0 Å². The quantitative estimate of drug-likeness (QED) is 0.756. The third-order valence-electron chi connectivity index (χ3n) is 2.14. The third kappa shape index (κ3) is 4.31. The summed E-state index contributed by atoms with van der Waals surface area (Å²) in [5, 5.41) is 0. The van der Waals surface area contributed by atoms with Crippen molar-refractivity contribution in [2.75, 3.05) is 0 Å². The van der Waals surface area contributed by atoms with Crippen LogP contribution < -0.4 is 10.5 Å². The van der Waals surface area contributed by atoms with Crippen molar-refractivity contribution in [2.24, 2.45) is 5.73 Å². The van der Waals surface area contributed by atoms with Gasteiger partial charge in [0, 0.05) is 24.5 Å². The third-order valence-corrected chi connectivity index (χ3v) is 3.71. The second kappa shape index (κ2) is 5.29. The van der Waals surface area contributed by atoms with Gasteiger partial charge in [0.05, 0.1) is 11.3 Å². The van der Waals surface area contributed by atoms with Crippen molar-refractivity contribution in [3.63, 3.8) is 0 Å². The molecule has 1 heterocycles. The Morgan fingerprint density at radius 2 is 2.11 bits per heavy atom. The number of nitrogens with two attached hydrogens (primary N) is 1. The molecule has 1 aromatic rings. The lowest BCUT2D eigenvalue weighted by molar-refractivity contribution is -0.137. The van der Waals surface area contributed by atoms with E-state index in [4.69, 9.17) is 5.73 Å². The van der Waals surface area contributed by atoms with Gasteiger partial charge in [-0.2, -0.15) is 13.2 Å². The predicted molar refractivity (Wildman–Crippen MR) is 59.1 cm³/mol. The van der Waals surface area contributed by atoms with E-state index in [0.29, 0.717) is 5.69 Å². The molecule has 18 heavy (non-hydrogen) atoms. The van der Waals surface area contributed by atoms with Gasteiger partial charge in [-0.25, -0.2) is 13.1 Å². The summed E-state index contributed by atoms with van der Waals surface area (Å²) in [6.07, 6.45) is -4.45. The van der Waals surface area contributed by atoms with Crippen LogP contribution in [0.25, 0.3) is 0 Å². The van der Waals surface area contributed by atoms with Gasteiger partial charge in [0.15, 0.2) is 0 Å². The van der Waals surface area contributed by atoms with Crippen LogP contribution in [0.1, 0.15) is 19.0 Å². The van der Waals surface area contributed by atoms with E-state index in [1.165, 1.54) is 12.3 Å². The van der Waals surface area contributed by atoms with Crippen molar-refractivity contribution in [3.8, 4) is 0 Å². The molecule has 5 nitrogen and oxygen atoms in total. The van der Waals surface area contributed by atoms with Crippen molar-refractivity contribution in [1.29, 1.82) is 0 Å². The maximum absolute atomic E-state index is 12.1. The lowest BCUT2D eigenvalue weighted by Gasteiger charge is -2.15. The molecule has 0 aliphatic rings. The van der Waals surface area contributed by atoms with Crippen LogP contribution in [0.4, 0.5) is 13.2 Å². The van der Waals surface area contributed by atoms with E-state index >= 15 is 0 Å². The molecule has 1 unspecified atom stereocenters. The van der Waals surface area contributed by atoms with Crippen LogP contribution in [0.2, 0.25) is 0 Å². The van der Waals surface area contributed by atoms with Gasteiger partial charge in [0.2, 0.25) is 10.0 Å². The van der Waals surface area contributed by atoms with Crippen molar-refractivity contribution in [1.82, 2.24) is 9.71 Å². The summed E-state index contributed by atoms with van der Waals surface area (Å²) >= 11 is 0. The van der Waals surface area contributed by atoms with E-state index in [0.717, 1.165) is 6.92 Å². The maximum Gasteiger partial charge on any atom is 0.390 e. The van der Waals surface area contributed by atoms with Gasteiger partial charge in [-0.1, -0.05) is 0 Å². The topological polar surface area (TPSA) is 88.0 Å². The molecule has 0 amide bonds. The highest BCUT2D eigenvalue weighted by Gasteiger charge is 2.32. The second-order valence-corrected chi connectivity index (χ2v) is 5.62. The molecule has 0 fully saturated rings. The fraction of sp³-hybridized carbons (Fsp3) is 0.556. The fourth-order valence-electron chi connectivity index (χ4n) is 1.41. The lowest BCUT2D eigenvalue weighted by atomic mass is 10.2. The van der Waals surface area contributed by atoms with E-state index in [2.05, 4.69) is 4.98 Å². The Labute approximate surface area is 103 Å². The number of hydrogen-bond acceptors (Lipinski definition) is 3. The molecule has 0 aliphatic heterocycles. The molecule has 4 N–H and O–H groups in total. The average Bonchev–Trinajstić information content (AvgIpc) is 2.61. The zero-order valence-corrected chi connectivity index (χ0v) is 10.4. The number of nitrogens with one attached hydrogen (secondary N) is 2. The van der Waals surface area contributed by atoms with Gasteiger partial charge in [0.25, 0.3) is 0 Å². The zero-order chi connectivity index (χ0) is 14.0. The summed E-state index contributed by atoms with van der Waals surface area (Å²) in [5.74, 6) is 0. The highest BCUT2D eigenvalue weighted by Crippen LogP contribution is 2.22. The Morgan fingerprint density at radius 3 is 2.56 bits per heavy atom. The van der Waals surface area contributed by atoms with Crippen LogP contribution in [0.3, 0.4) is 0 Å². The summed E-state index contributed by atoms with van der Waals surface area (Å²) in [6, 6.07) is 0.0501. The van der Waals surface area contributed by atoms with Crippen molar-refractivity contribution < 1.29 is 21.6 Å². The Bertz CT molecular complexity index is 495. The monoisotopic (exact) mass is 285 g/mol. The normalized spacial score (nSPS) is 14.7. The summed E-state index contributed by atoms with van der Waals surface area (Å²) in [7, 11) is -3.96. The molecular formula is C9H14F3N3O2S. The van der Waals surface area contributed by atoms with Gasteiger partial charge in [0.1, 0.15) is 0 Å². The van der Waals surface area contributed by atoms with Gasteiger partial charge in [-0.15, -0.1) is 0 Å². The Kier molecular flexibility index (Phi) is 4.41. The number of hydrogen-bond donors (Lipinski definition) is 3. The Balaban J connectivity index is 2.76. The summed E-state index contributed by atoms with van der Waals surface area (Å²) in [4.78, 5) is 2.49. The number of aromatic nitrogens is 1. The first-order chi connectivity index (χ1) is 8.14. The molecule has 0 bridgehead atoms. The second-order valence-electron chi connectivity index (χ2n) is 3.91. The highest BCUT2D eigenvalue weighted by molar-refractivity contribution is 7.89. The molecule has 1 aromatic heterocycles. The van der Waals surface area contributed by atoms with E-state index in [-0.39, 0.29) is 11.4 Å². The van der Waals surface area contributed by atoms with E-state index < -0.39 is 28.7 Å². The van der Waals surface area contributed by atoms with E-state index in [1.54, 1.807) is 0 Å². The van der Waals surface area contributed by atoms with E-state index in [9.17, 15) is 21.6 Å². The molecule has 0 saturated heterocycles. The molecule has 1 atom stereocenters. The average molecular weight is 285 g/mol. The molecule has 0 spiro atoms. The van der Waals surface area contributed by atoms with Crippen LogP contribution >= 0.6 is 0 Å². The minimum absolute atomic E-state index is 0.119. The standard InChI is InChI=1S/C9H14F3N3O2S/c1-6(3-9(10,11)12)15-18(16,17)8-2-7(4-13)14-5-8/h2,5-6,14-15H,3-4,13H2,1H3. The van der Waals surface area contributed by atoms with Crippen LogP contribution in [-0.4, -0.2) is 25.6 Å². The van der Waals surface area contributed by atoms with Gasteiger partial charge in [-0.05, 0) is 13.0 Å². The number of H-pyrrole nitrogens is 1. The Morgan fingerprint density at radius 1 is 1.50 bits per heavy atom. The largest absolute Gasteiger partial charge is 0.390 e. The smallest absolute Gasteiger partial charge is 0.363 e. The Hall–Kier alpha value is -1.06. The van der Waals surface area contributed by atoms with Crippen LogP contribution in [0.15, 0.2) is 17.2 Å². The minimum Gasteiger partial charge on any atom is -0.363 e. The predicted octanol–water partition coefficient (Wildman–Crippen LogP) is 1.09. The molecule has 0 aromatic carbocycles. The summed E-state index contributed by atoms with van der Waals surface area (Å²) in [6.45, 7) is 1.27.